The molecule has 0 atom stereocenters. The van der Waals surface area contributed by atoms with Gasteiger partial charge in [0.05, 0.1) is 36.5 Å². The van der Waals surface area contributed by atoms with Crippen molar-refractivity contribution in [3.8, 4) is 0 Å². The summed E-state index contributed by atoms with van der Waals surface area (Å²) in [5, 5.41) is 0. The van der Waals surface area contributed by atoms with E-state index in [0.717, 1.165) is 57.8 Å². The second-order valence-electron chi connectivity index (χ2n) is 13.7. The number of unbranched alkanes of at least 4 members (excludes halogenated alkanes) is 24. The van der Waals surface area contributed by atoms with Crippen molar-refractivity contribution >= 4 is 17.9 Å². The molecular formula is C42H72O6. The molecule has 0 amide bonds. The Balaban J connectivity index is 2.60. The molecule has 0 saturated heterocycles. The van der Waals surface area contributed by atoms with Crippen molar-refractivity contribution in [2.45, 2.75) is 194 Å². The van der Waals surface area contributed by atoms with Crippen molar-refractivity contribution in [1.29, 1.82) is 0 Å². The second-order valence-corrected chi connectivity index (χ2v) is 13.7. The zero-order valence-electron chi connectivity index (χ0n) is 31.4. The summed E-state index contributed by atoms with van der Waals surface area (Å²) in [6, 6.07) is 4.49. The van der Waals surface area contributed by atoms with Gasteiger partial charge in [-0.25, -0.2) is 14.4 Å². The van der Waals surface area contributed by atoms with Gasteiger partial charge >= 0.3 is 17.9 Å². The fourth-order valence-corrected chi connectivity index (χ4v) is 5.99. The summed E-state index contributed by atoms with van der Waals surface area (Å²) in [6.45, 7) is 7.63. The molecule has 0 aliphatic carbocycles. The van der Waals surface area contributed by atoms with Gasteiger partial charge in [0.25, 0.3) is 0 Å². The molecule has 0 aliphatic rings. The van der Waals surface area contributed by atoms with E-state index >= 15 is 0 Å². The van der Waals surface area contributed by atoms with Crippen LogP contribution in [0.25, 0.3) is 0 Å². The molecule has 0 heterocycles. The van der Waals surface area contributed by atoms with E-state index in [1.165, 1.54) is 128 Å². The zero-order chi connectivity index (χ0) is 34.9. The van der Waals surface area contributed by atoms with Gasteiger partial charge in [-0.1, -0.05) is 175 Å². The Kier molecular flexibility index (Phi) is 29.0. The maximum atomic E-state index is 13.2. The molecule has 0 saturated carbocycles. The van der Waals surface area contributed by atoms with E-state index in [9.17, 15) is 14.4 Å². The number of hydrogen-bond donors (Lipinski definition) is 0. The third-order valence-corrected chi connectivity index (χ3v) is 9.14. The predicted molar refractivity (Wildman–Crippen MR) is 199 cm³/mol. The monoisotopic (exact) mass is 673 g/mol. The standard InChI is InChI=1S/C42H72O6/c1-4-7-10-13-16-19-22-25-28-33-46-40(43)37-31-32-38(41(44)47-34-29-26-23-20-17-14-11-8-5-2)39(36-37)42(45)48-35-30-27-24-21-18-15-12-9-6-3/h31-32,36H,4-30,33-35H2,1-3H3. The van der Waals surface area contributed by atoms with Crippen LogP contribution in [0.2, 0.25) is 0 Å². The van der Waals surface area contributed by atoms with Crippen LogP contribution in [-0.4, -0.2) is 37.7 Å². The Morgan fingerprint density at radius 3 is 1.02 bits per heavy atom. The Morgan fingerprint density at radius 1 is 0.375 bits per heavy atom. The molecular weight excluding hydrogens is 600 g/mol. The van der Waals surface area contributed by atoms with Gasteiger partial charge in [-0.2, -0.15) is 0 Å². The summed E-state index contributed by atoms with van der Waals surface area (Å²) in [7, 11) is 0. The molecule has 276 valence electrons. The lowest BCUT2D eigenvalue weighted by atomic mass is 10.0. The summed E-state index contributed by atoms with van der Waals surface area (Å²) < 4.78 is 16.7. The largest absolute Gasteiger partial charge is 0.462 e. The van der Waals surface area contributed by atoms with E-state index in [1.54, 1.807) is 6.07 Å². The van der Waals surface area contributed by atoms with Gasteiger partial charge in [0.15, 0.2) is 0 Å². The van der Waals surface area contributed by atoms with E-state index in [0.29, 0.717) is 13.2 Å². The van der Waals surface area contributed by atoms with E-state index in [2.05, 4.69) is 20.8 Å². The fraction of sp³-hybridized carbons (Fsp3) is 0.786. The first-order chi connectivity index (χ1) is 23.5. The zero-order valence-corrected chi connectivity index (χ0v) is 31.4. The van der Waals surface area contributed by atoms with E-state index < -0.39 is 17.9 Å². The van der Waals surface area contributed by atoms with Gasteiger partial charge in [-0.3, -0.25) is 0 Å². The summed E-state index contributed by atoms with van der Waals surface area (Å²) in [6.07, 6.45) is 31.8. The summed E-state index contributed by atoms with van der Waals surface area (Å²) in [5.74, 6) is -1.64. The van der Waals surface area contributed by atoms with Crippen LogP contribution in [0.5, 0.6) is 0 Å². The highest BCUT2D eigenvalue weighted by Gasteiger charge is 2.22. The molecule has 6 heteroatoms. The van der Waals surface area contributed by atoms with Gasteiger partial charge in [0.1, 0.15) is 0 Å². The topological polar surface area (TPSA) is 78.9 Å². The van der Waals surface area contributed by atoms with Gasteiger partial charge in [-0.05, 0) is 37.5 Å². The van der Waals surface area contributed by atoms with Crippen LogP contribution < -0.4 is 0 Å². The minimum absolute atomic E-state index is 0.0699. The summed E-state index contributed by atoms with van der Waals surface area (Å²) in [4.78, 5) is 39.1. The first-order valence-corrected chi connectivity index (χ1v) is 20.2. The van der Waals surface area contributed by atoms with E-state index in [1.807, 2.05) is 0 Å². The molecule has 0 aliphatic heterocycles. The summed E-state index contributed by atoms with van der Waals surface area (Å²) >= 11 is 0. The summed E-state index contributed by atoms with van der Waals surface area (Å²) in [5.41, 5.74) is 0.454. The Labute approximate surface area is 294 Å². The van der Waals surface area contributed by atoms with Gasteiger partial charge in [0.2, 0.25) is 0 Å². The van der Waals surface area contributed by atoms with Crippen molar-refractivity contribution in [1.82, 2.24) is 0 Å². The van der Waals surface area contributed by atoms with Gasteiger partial charge in [0, 0.05) is 0 Å². The number of ether oxygens (including phenoxy) is 3. The van der Waals surface area contributed by atoms with Crippen LogP contribution in [-0.2, 0) is 14.2 Å². The van der Waals surface area contributed by atoms with Crippen molar-refractivity contribution < 1.29 is 28.6 Å². The Morgan fingerprint density at radius 2 is 0.667 bits per heavy atom. The first-order valence-electron chi connectivity index (χ1n) is 20.2. The SMILES string of the molecule is CCCCCCCCCCCOC(=O)c1ccc(C(=O)OCCCCCCCCCCC)c(C(=O)OCCCCCCCCCCC)c1. The van der Waals surface area contributed by atoms with Gasteiger partial charge < -0.3 is 14.2 Å². The lowest BCUT2D eigenvalue weighted by Crippen LogP contribution is -2.17. The van der Waals surface area contributed by atoms with Gasteiger partial charge in [-0.15, -0.1) is 0 Å². The molecule has 1 aromatic carbocycles. The van der Waals surface area contributed by atoms with Crippen molar-refractivity contribution in [2.75, 3.05) is 19.8 Å². The molecule has 6 nitrogen and oxygen atoms in total. The quantitative estimate of drug-likeness (QED) is 0.0420. The molecule has 0 fully saturated rings. The molecule has 1 rings (SSSR count). The maximum absolute atomic E-state index is 13.2. The number of carbonyl (C=O) groups is 3. The minimum Gasteiger partial charge on any atom is -0.462 e. The number of rotatable bonds is 33. The molecule has 48 heavy (non-hydrogen) atoms. The van der Waals surface area contributed by atoms with Crippen molar-refractivity contribution in [3.05, 3.63) is 34.9 Å². The maximum Gasteiger partial charge on any atom is 0.339 e. The molecule has 0 spiro atoms. The van der Waals surface area contributed by atoms with Crippen molar-refractivity contribution in [3.63, 3.8) is 0 Å². The van der Waals surface area contributed by atoms with E-state index in [4.69, 9.17) is 14.2 Å². The molecule has 0 radical (unpaired) electrons. The van der Waals surface area contributed by atoms with Crippen LogP contribution >= 0.6 is 0 Å². The van der Waals surface area contributed by atoms with Crippen LogP contribution in [0, 0.1) is 0 Å². The average molecular weight is 673 g/mol. The van der Waals surface area contributed by atoms with E-state index in [-0.39, 0.29) is 23.3 Å². The van der Waals surface area contributed by atoms with Crippen molar-refractivity contribution in [2.24, 2.45) is 0 Å². The fourth-order valence-electron chi connectivity index (χ4n) is 5.99. The highest BCUT2D eigenvalue weighted by Crippen LogP contribution is 2.18. The third kappa shape index (κ3) is 23.1. The number of hydrogen-bond acceptors (Lipinski definition) is 6. The van der Waals surface area contributed by atoms with Crippen LogP contribution in [0.3, 0.4) is 0 Å². The third-order valence-electron chi connectivity index (χ3n) is 9.14. The minimum atomic E-state index is -0.599. The van der Waals surface area contributed by atoms with Crippen LogP contribution in [0.15, 0.2) is 18.2 Å². The normalized spacial score (nSPS) is 11.1. The highest BCUT2D eigenvalue weighted by molar-refractivity contribution is 6.05. The number of carbonyl (C=O) groups excluding carboxylic acids is 3. The predicted octanol–water partition coefficient (Wildman–Crippen LogP) is 12.7. The van der Waals surface area contributed by atoms with Crippen LogP contribution in [0.4, 0.5) is 0 Å². The first kappa shape index (κ1) is 43.7. The Bertz CT molecular complexity index is 942. The average Bonchev–Trinajstić information content (AvgIpc) is 3.10. The molecule has 0 bridgehead atoms. The molecule has 0 aromatic heterocycles. The molecule has 0 unspecified atom stereocenters. The van der Waals surface area contributed by atoms with Crippen LogP contribution in [0.1, 0.15) is 225 Å². The lowest BCUT2D eigenvalue weighted by Gasteiger charge is -2.12. The number of benzene rings is 1. The highest BCUT2D eigenvalue weighted by atomic mass is 16.5. The molecule has 1 aromatic rings. The number of esters is 3. The molecule has 0 N–H and O–H groups in total. The Hall–Kier alpha value is -2.37. The lowest BCUT2D eigenvalue weighted by molar-refractivity contribution is 0.0447. The second kappa shape index (κ2) is 31.9. The smallest absolute Gasteiger partial charge is 0.339 e.